The summed E-state index contributed by atoms with van der Waals surface area (Å²) in [6.07, 6.45) is 2.24. The maximum Gasteiger partial charge on any atom is 0.172 e. The first-order valence-corrected chi connectivity index (χ1v) is 5.69. The maximum atomic E-state index is 8.94. The van der Waals surface area contributed by atoms with E-state index in [2.05, 4.69) is 11.1 Å². The number of hydrogen-bond acceptors (Lipinski definition) is 5. The summed E-state index contributed by atoms with van der Waals surface area (Å²) in [7, 11) is 0. The van der Waals surface area contributed by atoms with E-state index >= 15 is 0 Å². The van der Waals surface area contributed by atoms with E-state index in [1.807, 2.05) is 6.07 Å². The predicted molar refractivity (Wildman–Crippen MR) is 60.0 cm³/mol. The number of rotatable bonds is 0. The Balaban J connectivity index is 1.99. The van der Waals surface area contributed by atoms with Crippen LogP contribution < -0.4 is 5.73 Å². The van der Waals surface area contributed by atoms with E-state index in [0.29, 0.717) is 31.0 Å². The highest BCUT2D eigenvalue weighted by atomic mass is 16.7. The first-order valence-electron chi connectivity index (χ1n) is 5.69. The van der Waals surface area contributed by atoms with E-state index in [0.717, 1.165) is 24.1 Å². The molecule has 0 unspecified atom stereocenters. The van der Waals surface area contributed by atoms with Crippen molar-refractivity contribution in [2.45, 2.75) is 25.0 Å². The van der Waals surface area contributed by atoms with Crippen LogP contribution in [-0.2, 0) is 22.3 Å². The van der Waals surface area contributed by atoms with Gasteiger partial charge in [-0.3, -0.25) is 0 Å². The molecule has 1 aromatic rings. The molecule has 1 fully saturated rings. The molecular weight excluding hydrogens is 218 g/mol. The van der Waals surface area contributed by atoms with Gasteiger partial charge in [-0.25, -0.2) is 4.98 Å². The van der Waals surface area contributed by atoms with Gasteiger partial charge >= 0.3 is 0 Å². The zero-order valence-electron chi connectivity index (χ0n) is 9.40. The van der Waals surface area contributed by atoms with Gasteiger partial charge in [0, 0.05) is 18.5 Å². The Morgan fingerprint density at radius 1 is 1.41 bits per heavy atom. The Morgan fingerprint density at radius 2 is 2.18 bits per heavy atom. The Bertz CT molecular complexity index is 501. The number of nitrogens with two attached hydrogens (primary N) is 1. The van der Waals surface area contributed by atoms with E-state index in [-0.39, 0.29) is 0 Å². The molecule has 0 atom stereocenters. The number of nitrogens with zero attached hydrogens (tertiary/aromatic N) is 2. The van der Waals surface area contributed by atoms with Crippen molar-refractivity contribution in [3.63, 3.8) is 0 Å². The van der Waals surface area contributed by atoms with Gasteiger partial charge in [-0.05, 0) is 18.1 Å². The number of anilines is 1. The number of fused-ring (bicyclic) bond motifs is 1. The molecule has 17 heavy (non-hydrogen) atoms. The van der Waals surface area contributed by atoms with Crippen LogP contribution in [0.25, 0.3) is 0 Å². The van der Waals surface area contributed by atoms with E-state index < -0.39 is 5.79 Å². The molecule has 1 saturated heterocycles. The van der Waals surface area contributed by atoms with Crippen LogP contribution in [0.5, 0.6) is 0 Å². The van der Waals surface area contributed by atoms with Crippen LogP contribution in [0, 0.1) is 11.3 Å². The highest BCUT2D eigenvalue weighted by Crippen LogP contribution is 2.35. The van der Waals surface area contributed by atoms with Crippen LogP contribution >= 0.6 is 0 Å². The molecule has 1 aliphatic carbocycles. The molecule has 0 saturated carbocycles. The van der Waals surface area contributed by atoms with E-state index in [9.17, 15) is 0 Å². The molecule has 0 bridgehead atoms. The lowest BCUT2D eigenvalue weighted by Crippen LogP contribution is -2.37. The zero-order valence-corrected chi connectivity index (χ0v) is 9.40. The summed E-state index contributed by atoms with van der Waals surface area (Å²) in [5.41, 5.74) is 8.12. The van der Waals surface area contributed by atoms with Crippen LogP contribution in [0.1, 0.15) is 23.2 Å². The average molecular weight is 231 g/mol. The third-order valence-electron chi connectivity index (χ3n) is 3.36. The number of hydrogen-bond donors (Lipinski definition) is 1. The van der Waals surface area contributed by atoms with Crippen molar-refractivity contribution >= 4 is 5.82 Å². The third kappa shape index (κ3) is 1.66. The summed E-state index contributed by atoms with van der Waals surface area (Å²) in [5.74, 6) is -0.173. The Kier molecular flexibility index (Phi) is 2.28. The predicted octanol–water partition coefficient (Wildman–Crippen LogP) is 0.767. The van der Waals surface area contributed by atoms with Gasteiger partial charge in [-0.2, -0.15) is 5.26 Å². The summed E-state index contributed by atoms with van der Waals surface area (Å²) in [4.78, 5) is 4.28. The van der Waals surface area contributed by atoms with E-state index in [1.54, 1.807) is 0 Å². The Morgan fingerprint density at radius 3 is 2.88 bits per heavy atom. The van der Waals surface area contributed by atoms with Crippen molar-refractivity contribution in [2.24, 2.45) is 0 Å². The fraction of sp³-hybridized carbons (Fsp3) is 0.500. The standard InChI is InChI=1S/C12H13N3O2/c13-7-9-5-8-6-12(16-3-4-17-12)2-1-10(8)15-11(9)14/h5H,1-4,6H2,(H2,14,15). The Hall–Kier alpha value is -1.64. The molecular formula is C12H13N3O2. The van der Waals surface area contributed by atoms with Crippen molar-refractivity contribution in [2.75, 3.05) is 18.9 Å². The second kappa shape index (κ2) is 3.69. The first-order chi connectivity index (χ1) is 8.22. The summed E-state index contributed by atoms with van der Waals surface area (Å²) >= 11 is 0. The van der Waals surface area contributed by atoms with Crippen molar-refractivity contribution < 1.29 is 9.47 Å². The molecule has 2 N–H and O–H groups in total. The number of aromatic nitrogens is 1. The van der Waals surface area contributed by atoms with Crippen molar-refractivity contribution in [3.05, 3.63) is 22.9 Å². The normalized spacial score (nSPS) is 21.1. The molecule has 0 radical (unpaired) electrons. The zero-order chi connectivity index (χ0) is 11.9. The molecule has 1 spiro atoms. The summed E-state index contributed by atoms with van der Waals surface area (Å²) in [6.45, 7) is 1.28. The number of ether oxygens (including phenoxy) is 2. The topological polar surface area (TPSA) is 81.2 Å². The van der Waals surface area contributed by atoms with Gasteiger partial charge in [0.1, 0.15) is 11.9 Å². The van der Waals surface area contributed by atoms with Crippen molar-refractivity contribution in [1.82, 2.24) is 4.98 Å². The lowest BCUT2D eigenvalue weighted by atomic mass is 9.90. The van der Waals surface area contributed by atoms with Gasteiger partial charge in [0.05, 0.1) is 18.8 Å². The van der Waals surface area contributed by atoms with Gasteiger partial charge in [-0.15, -0.1) is 0 Å². The number of aryl methyl sites for hydroxylation is 1. The quantitative estimate of drug-likeness (QED) is 0.713. The minimum Gasteiger partial charge on any atom is -0.383 e. The van der Waals surface area contributed by atoms with Crippen molar-refractivity contribution in [1.29, 1.82) is 5.26 Å². The molecule has 1 aliphatic heterocycles. The molecule has 1 aromatic heterocycles. The molecule has 88 valence electrons. The minimum absolute atomic E-state index is 0.315. The van der Waals surface area contributed by atoms with Gasteiger partial charge < -0.3 is 15.2 Å². The molecule has 5 heteroatoms. The lowest BCUT2D eigenvalue weighted by Gasteiger charge is -2.32. The van der Waals surface area contributed by atoms with Crippen LogP contribution in [-0.4, -0.2) is 24.0 Å². The van der Waals surface area contributed by atoms with Gasteiger partial charge in [0.25, 0.3) is 0 Å². The molecule has 0 aromatic carbocycles. The molecule has 5 nitrogen and oxygen atoms in total. The first kappa shape index (κ1) is 10.5. The van der Waals surface area contributed by atoms with Gasteiger partial charge in [-0.1, -0.05) is 0 Å². The van der Waals surface area contributed by atoms with E-state index in [4.69, 9.17) is 20.5 Å². The average Bonchev–Trinajstić information content (AvgIpc) is 2.77. The number of nitriles is 1. The second-order valence-corrected chi connectivity index (χ2v) is 4.42. The van der Waals surface area contributed by atoms with Crippen LogP contribution in [0.2, 0.25) is 0 Å². The minimum atomic E-state index is -0.489. The molecule has 0 amide bonds. The highest BCUT2D eigenvalue weighted by molar-refractivity contribution is 5.51. The second-order valence-electron chi connectivity index (χ2n) is 4.42. The lowest BCUT2D eigenvalue weighted by molar-refractivity contribution is -0.164. The maximum absolute atomic E-state index is 8.94. The summed E-state index contributed by atoms with van der Waals surface area (Å²) in [6, 6.07) is 3.86. The van der Waals surface area contributed by atoms with E-state index in [1.165, 1.54) is 0 Å². The van der Waals surface area contributed by atoms with Crippen LogP contribution in [0.3, 0.4) is 0 Å². The smallest absolute Gasteiger partial charge is 0.172 e. The van der Waals surface area contributed by atoms with Crippen LogP contribution in [0.4, 0.5) is 5.82 Å². The summed E-state index contributed by atoms with van der Waals surface area (Å²) in [5, 5.41) is 8.94. The Labute approximate surface area is 99.2 Å². The fourth-order valence-electron chi connectivity index (χ4n) is 2.50. The largest absolute Gasteiger partial charge is 0.383 e. The van der Waals surface area contributed by atoms with Gasteiger partial charge in [0.15, 0.2) is 5.79 Å². The number of nitrogen functional groups attached to an aromatic ring is 1. The molecule has 2 aliphatic rings. The van der Waals surface area contributed by atoms with Crippen LogP contribution in [0.15, 0.2) is 6.07 Å². The third-order valence-corrected chi connectivity index (χ3v) is 3.36. The summed E-state index contributed by atoms with van der Waals surface area (Å²) < 4.78 is 11.4. The molecule has 3 rings (SSSR count). The van der Waals surface area contributed by atoms with Gasteiger partial charge in [0.2, 0.25) is 0 Å². The monoisotopic (exact) mass is 231 g/mol. The fourth-order valence-corrected chi connectivity index (χ4v) is 2.50. The van der Waals surface area contributed by atoms with Crippen molar-refractivity contribution in [3.8, 4) is 6.07 Å². The highest BCUT2D eigenvalue weighted by Gasteiger charge is 2.40. The SMILES string of the molecule is N#Cc1cc2c(nc1N)CCC1(C2)OCCO1. The number of pyridine rings is 1. The molecule has 2 heterocycles.